The molecule has 0 aliphatic carbocycles. The number of hydrogen-bond acceptors (Lipinski definition) is 6. The Balaban J connectivity index is 1.78. The lowest BCUT2D eigenvalue weighted by atomic mass is 10.1. The van der Waals surface area contributed by atoms with Crippen molar-refractivity contribution in [1.29, 1.82) is 0 Å². The monoisotopic (exact) mass is 459 g/mol. The lowest BCUT2D eigenvalue weighted by Crippen LogP contribution is -2.36. The van der Waals surface area contributed by atoms with Crippen LogP contribution in [-0.4, -0.2) is 33.4 Å². The number of carbonyl (C=O) groups excluding carboxylic acids is 3. The molecule has 3 rings (SSSR count). The minimum absolute atomic E-state index is 0.0305. The normalized spacial score (nSPS) is 15.0. The number of nitro benzene ring substituents is 1. The molecule has 1 heterocycles. The highest BCUT2D eigenvalue weighted by Crippen LogP contribution is 2.34. The van der Waals surface area contributed by atoms with Gasteiger partial charge in [0.15, 0.2) is 0 Å². The highest BCUT2D eigenvalue weighted by molar-refractivity contribution is 8.18. The van der Waals surface area contributed by atoms with Crippen molar-refractivity contribution in [2.24, 2.45) is 0 Å². The van der Waals surface area contributed by atoms with Crippen LogP contribution in [0.4, 0.5) is 16.2 Å². The molecule has 8 nitrogen and oxygen atoms in total. The average molecular weight is 460 g/mol. The van der Waals surface area contributed by atoms with Gasteiger partial charge in [-0.1, -0.05) is 29.3 Å². The summed E-state index contributed by atoms with van der Waals surface area (Å²) in [6.45, 7) is 5.23. The highest BCUT2D eigenvalue weighted by Gasteiger charge is 2.36. The molecule has 1 fully saturated rings. The van der Waals surface area contributed by atoms with E-state index in [2.05, 4.69) is 5.32 Å². The molecule has 3 amide bonds. The van der Waals surface area contributed by atoms with Crippen molar-refractivity contribution in [3.05, 3.63) is 72.6 Å². The minimum Gasteiger partial charge on any atom is -0.324 e. The highest BCUT2D eigenvalue weighted by atomic mass is 35.5. The molecule has 1 N–H and O–H groups in total. The zero-order valence-electron chi connectivity index (χ0n) is 16.9. The first-order valence-electron chi connectivity index (χ1n) is 9.14. The second-order valence-corrected chi connectivity index (χ2v) is 8.45. The van der Waals surface area contributed by atoms with Gasteiger partial charge in [-0.05, 0) is 55.8 Å². The number of amides is 3. The van der Waals surface area contributed by atoms with Crippen LogP contribution < -0.4 is 5.32 Å². The maximum atomic E-state index is 12.7. The maximum absolute atomic E-state index is 12.7. The number of non-ortho nitro benzene ring substituents is 1. The molecule has 2 aromatic carbocycles. The number of imide groups is 1. The van der Waals surface area contributed by atoms with E-state index in [1.54, 1.807) is 0 Å². The first kappa shape index (κ1) is 22.5. The molecule has 0 radical (unpaired) electrons. The summed E-state index contributed by atoms with van der Waals surface area (Å²) < 4.78 is 0. The van der Waals surface area contributed by atoms with Crippen molar-refractivity contribution in [1.82, 2.24) is 4.90 Å². The molecule has 0 bridgehead atoms. The van der Waals surface area contributed by atoms with Crippen LogP contribution in [-0.2, 0) is 9.59 Å². The summed E-state index contributed by atoms with van der Waals surface area (Å²) in [5.41, 5.74) is 3.49. The van der Waals surface area contributed by atoms with E-state index in [1.165, 1.54) is 24.3 Å². The molecule has 0 aromatic heterocycles. The van der Waals surface area contributed by atoms with Crippen LogP contribution in [0.25, 0.3) is 6.08 Å². The molecule has 1 aliphatic heterocycles. The summed E-state index contributed by atoms with van der Waals surface area (Å²) in [6, 6.07) is 7.65. The second kappa shape index (κ2) is 8.91. The zero-order valence-corrected chi connectivity index (χ0v) is 18.5. The fraction of sp³-hybridized carbons (Fsp3) is 0.190. The van der Waals surface area contributed by atoms with Gasteiger partial charge in [-0.2, -0.15) is 0 Å². The fourth-order valence-corrected chi connectivity index (χ4v) is 4.23. The Hall–Kier alpha value is -3.17. The lowest BCUT2D eigenvalue weighted by molar-refractivity contribution is -0.384. The molecule has 1 aliphatic rings. The summed E-state index contributed by atoms with van der Waals surface area (Å²) >= 11 is 6.71. The topological polar surface area (TPSA) is 110 Å². The number of anilines is 1. The zero-order chi connectivity index (χ0) is 22.9. The number of halogens is 1. The second-order valence-electron chi connectivity index (χ2n) is 7.05. The number of nitrogens with zero attached hydrogens (tertiary/aromatic N) is 2. The predicted molar refractivity (Wildman–Crippen MR) is 120 cm³/mol. The van der Waals surface area contributed by atoms with Gasteiger partial charge in [-0.25, -0.2) is 0 Å². The number of rotatable bonds is 5. The third-order valence-corrected chi connectivity index (χ3v) is 5.85. The predicted octanol–water partition coefficient (Wildman–Crippen LogP) is 4.85. The molecule has 0 saturated carbocycles. The van der Waals surface area contributed by atoms with Crippen LogP contribution in [0.15, 0.2) is 35.2 Å². The molecule has 10 heteroatoms. The number of thioether (sulfide) groups is 1. The van der Waals surface area contributed by atoms with Gasteiger partial charge in [0, 0.05) is 28.4 Å². The third-order valence-electron chi connectivity index (χ3n) is 4.59. The molecule has 0 atom stereocenters. The van der Waals surface area contributed by atoms with Crippen LogP contribution in [0.2, 0.25) is 5.02 Å². The van der Waals surface area contributed by atoms with E-state index in [9.17, 15) is 24.5 Å². The Labute approximate surface area is 187 Å². The van der Waals surface area contributed by atoms with Crippen molar-refractivity contribution in [3.8, 4) is 0 Å². The first-order chi connectivity index (χ1) is 14.6. The molecule has 1 saturated heterocycles. The van der Waals surface area contributed by atoms with Gasteiger partial charge in [0.2, 0.25) is 5.91 Å². The fourth-order valence-electron chi connectivity index (χ4n) is 3.23. The smallest absolute Gasteiger partial charge is 0.294 e. The molecule has 0 unspecified atom stereocenters. The molecule has 0 spiro atoms. The third kappa shape index (κ3) is 4.95. The van der Waals surface area contributed by atoms with Crippen LogP contribution in [0.3, 0.4) is 0 Å². The Kier molecular flexibility index (Phi) is 6.47. The van der Waals surface area contributed by atoms with E-state index in [4.69, 9.17) is 11.6 Å². The van der Waals surface area contributed by atoms with Gasteiger partial charge in [0.25, 0.3) is 16.8 Å². The number of hydrogen-bond donors (Lipinski definition) is 1. The number of aryl methyl sites for hydroxylation is 3. The van der Waals surface area contributed by atoms with Crippen molar-refractivity contribution >= 4 is 57.9 Å². The lowest BCUT2D eigenvalue weighted by Gasteiger charge is -2.15. The largest absolute Gasteiger partial charge is 0.324 e. The number of nitrogens with one attached hydrogen (secondary N) is 1. The van der Waals surface area contributed by atoms with Gasteiger partial charge in [-0.15, -0.1) is 0 Å². The van der Waals surface area contributed by atoms with E-state index in [0.29, 0.717) is 17.4 Å². The summed E-state index contributed by atoms with van der Waals surface area (Å²) in [7, 11) is 0. The van der Waals surface area contributed by atoms with Crippen molar-refractivity contribution in [2.45, 2.75) is 20.8 Å². The minimum atomic E-state index is -0.662. The van der Waals surface area contributed by atoms with E-state index >= 15 is 0 Å². The van der Waals surface area contributed by atoms with Crippen LogP contribution in [0, 0.1) is 30.9 Å². The molecular weight excluding hydrogens is 442 g/mol. The van der Waals surface area contributed by atoms with Crippen LogP contribution in [0.5, 0.6) is 0 Å². The van der Waals surface area contributed by atoms with E-state index in [0.717, 1.165) is 21.6 Å². The number of nitro groups is 1. The Bertz CT molecular complexity index is 1140. The van der Waals surface area contributed by atoms with Gasteiger partial charge in [0.1, 0.15) is 6.54 Å². The average Bonchev–Trinajstić information content (AvgIpc) is 2.93. The summed E-state index contributed by atoms with van der Waals surface area (Å²) in [5.74, 6) is -1.17. The number of carbonyl (C=O) groups is 3. The number of benzene rings is 2. The van der Waals surface area contributed by atoms with E-state index in [-0.39, 0.29) is 21.2 Å². The van der Waals surface area contributed by atoms with Gasteiger partial charge in [0.05, 0.1) is 9.83 Å². The van der Waals surface area contributed by atoms with E-state index < -0.39 is 28.5 Å². The maximum Gasteiger partial charge on any atom is 0.294 e. The summed E-state index contributed by atoms with van der Waals surface area (Å²) in [6.07, 6.45) is 1.31. The molecule has 160 valence electrons. The van der Waals surface area contributed by atoms with Crippen molar-refractivity contribution < 1.29 is 19.3 Å². The van der Waals surface area contributed by atoms with Crippen LogP contribution >= 0.6 is 23.4 Å². The SMILES string of the molecule is Cc1cc(C)c(NC(=O)CN2C(=O)S/C(=C\c3cc([N+](=O)[O-])ccc3Cl)C2=O)c(C)c1. The van der Waals surface area contributed by atoms with Gasteiger partial charge >= 0.3 is 0 Å². The Morgan fingerprint density at radius 1 is 1.19 bits per heavy atom. The standard InChI is InChI=1S/C21H18ClN3O5S/c1-11-6-12(2)19(13(3)7-11)23-18(26)10-24-20(27)17(31-21(24)28)9-14-8-15(25(29)30)4-5-16(14)22/h4-9H,10H2,1-3H3,(H,23,26)/b17-9-. The van der Waals surface area contributed by atoms with Crippen LogP contribution in [0.1, 0.15) is 22.3 Å². The van der Waals surface area contributed by atoms with Gasteiger partial charge < -0.3 is 5.32 Å². The van der Waals surface area contributed by atoms with Crippen molar-refractivity contribution in [3.63, 3.8) is 0 Å². The Morgan fingerprint density at radius 2 is 1.84 bits per heavy atom. The van der Waals surface area contributed by atoms with Gasteiger partial charge in [-0.3, -0.25) is 29.4 Å². The summed E-state index contributed by atoms with van der Waals surface area (Å²) in [5, 5.41) is 13.3. The Morgan fingerprint density at radius 3 is 2.45 bits per heavy atom. The van der Waals surface area contributed by atoms with Crippen molar-refractivity contribution in [2.75, 3.05) is 11.9 Å². The molecule has 31 heavy (non-hydrogen) atoms. The van der Waals surface area contributed by atoms with E-state index in [1.807, 2.05) is 32.9 Å². The molecule has 2 aromatic rings. The quantitative estimate of drug-likeness (QED) is 0.389. The first-order valence-corrected chi connectivity index (χ1v) is 10.3. The summed E-state index contributed by atoms with van der Waals surface area (Å²) in [4.78, 5) is 48.7. The molecular formula is C21H18ClN3O5S.